The van der Waals surface area contributed by atoms with Crippen LogP contribution in [0.3, 0.4) is 0 Å². The van der Waals surface area contributed by atoms with Crippen molar-refractivity contribution in [1.82, 2.24) is 14.8 Å². The molecule has 31 heavy (non-hydrogen) atoms. The number of carboxylic acids is 1. The number of aryl methyl sites for hydroxylation is 2. The van der Waals surface area contributed by atoms with Gasteiger partial charge < -0.3 is 25.5 Å². The van der Waals surface area contributed by atoms with E-state index in [0.29, 0.717) is 25.1 Å². The topological polar surface area (TPSA) is 142 Å². The highest BCUT2D eigenvalue weighted by Gasteiger charge is 2.40. The third kappa shape index (κ3) is 3.85. The van der Waals surface area contributed by atoms with Gasteiger partial charge in [0.1, 0.15) is 0 Å². The van der Waals surface area contributed by atoms with Gasteiger partial charge in [0.05, 0.1) is 41.6 Å². The average molecular weight is 431 g/mol. The van der Waals surface area contributed by atoms with E-state index in [1.54, 1.807) is 6.20 Å². The van der Waals surface area contributed by atoms with Crippen LogP contribution in [0.15, 0.2) is 11.4 Å². The van der Waals surface area contributed by atoms with Crippen LogP contribution in [-0.4, -0.2) is 66.6 Å². The number of aliphatic hydroxyl groups is 2. The minimum absolute atomic E-state index is 0.118. The summed E-state index contributed by atoms with van der Waals surface area (Å²) in [6, 6.07) is 0.118. The first-order chi connectivity index (χ1) is 14.9. The Hall–Kier alpha value is -2.72. The van der Waals surface area contributed by atoms with E-state index in [4.69, 9.17) is 4.84 Å². The van der Waals surface area contributed by atoms with Gasteiger partial charge >= 0.3 is 5.97 Å². The van der Waals surface area contributed by atoms with Crippen molar-refractivity contribution in [3.05, 3.63) is 17.5 Å². The second kappa shape index (κ2) is 8.43. The van der Waals surface area contributed by atoms with Crippen LogP contribution in [0.25, 0.3) is 11.0 Å². The van der Waals surface area contributed by atoms with Gasteiger partial charge in [-0.25, -0.2) is 9.67 Å². The van der Waals surface area contributed by atoms with Gasteiger partial charge in [0.25, 0.3) is 0 Å². The largest absolute Gasteiger partial charge is 0.481 e. The fourth-order valence-corrected chi connectivity index (χ4v) is 4.48. The van der Waals surface area contributed by atoms with E-state index in [9.17, 15) is 20.1 Å². The van der Waals surface area contributed by atoms with E-state index < -0.39 is 11.6 Å². The molecular formula is C21H29N5O5. The van der Waals surface area contributed by atoms with E-state index in [1.807, 2.05) is 18.5 Å². The van der Waals surface area contributed by atoms with E-state index in [2.05, 4.69) is 20.6 Å². The normalized spacial score (nSPS) is 22.9. The molecule has 3 heterocycles. The fourth-order valence-electron chi connectivity index (χ4n) is 4.48. The van der Waals surface area contributed by atoms with Gasteiger partial charge in [-0.15, -0.1) is 0 Å². The molecule has 168 valence electrons. The molecule has 0 unspecified atom stereocenters. The summed E-state index contributed by atoms with van der Waals surface area (Å²) in [4.78, 5) is 21.3. The van der Waals surface area contributed by atoms with Crippen molar-refractivity contribution in [2.75, 3.05) is 18.5 Å². The molecule has 1 aliphatic heterocycles. The van der Waals surface area contributed by atoms with Crippen molar-refractivity contribution in [2.45, 2.75) is 64.1 Å². The minimum Gasteiger partial charge on any atom is -0.481 e. The Bertz CT molecular complexity index is 1010. The van der Waals surface area contributed by atoms with Crippen molar-refractivity contribution in [2.24, 2.45) is 11.1 Å². The Morgan fingerprint density at radius 2 is 2.00 bits per heavy atom. The molecule has 0 radical (unpaired) electrons. The zero-order valence-electron chi connectivity index (χ0n) is 17.8. The number of aliphatic hydroxyl groups excluding tert-OH is 2. The Balaban J connectivity index is 1.72. The lowest BCUT2D eigenvalue weighted by Gasteiger charge is -2.28. The third-order valence-corrected chi connectivity index (χ3v) is 6.39. The molecular weight excluding hydrogens is 402 g/mol. The molecule has 10 heteroatoms. The standard InChI is InChI=1S/C21H29N5O5/c1-3-26-19-17(12(2)24-26)18(23-14-6-4-13(5-7-14)20(29)30)15(9-22-19)16-8-21(10-27,11-28)31-25-16/h9,13-14,27-28H,3-8,10-11H2,1-2H3,(H,22,23)(H,29,30). The number of aliphatic carboxylic acids is 1. The Morgan fingerprint density at radius 3 is 2.58 bits per heavy atom. The zero-order valence-corrected chi connectivity index (χ0v) is 17.8. The SMILES string of the molecule is CCn1nc(C)c2c(NC3CCC(C(=O)O)CC3)c(C3=NOC(CO)(CO)C3)cnc21. The number of hydrogen-bond acceptors (Lipinski definition) is 8. The van der Waals surface area contributed by atoms with Crippen molar-refractivity contribution in [3.63, 3.8) is 0 Å². The number of hydrogen-bond donors (Lipinski definition) is 4. The highest BCUT2D eigenvalue weighted by atomic mass is 16.7. The quantitative estimate of drug-likeness (QED) is 0.518. The first kappa shape index (κ1) is 21.5. The lowest BCUT2D eigenvalue weighted by Crippen LogP contribution is -2.38. The minimum atomic E-state index is -1.14. The number of carboxylic acid groups (broad SMARTS) is 1. The number of oxime groups is 1. The molecule has 0 bridgehead atoms. The summed E-state index contributed by atoms with van der Waals surface area (Å²) >= 11 is 0. The molecule has 10 nitrogen and oxygen atoms in total. The van der Waals surface area contributed by atoms with Gasteiger partial charge in [-0.05, 0) is 39.5 Å². The van der Waals surface area contributed by atoms with Gasteiger partial charge in [0.2, 0.25) is 0 Å². The number of rotatable bonds is 7. The highest BCUT2D eigenvalue weighted by molar-refractivity contribution is 6.11. The molecule has 2 aromatic heterocycles. The number of fused-ring (bicyclic) bond motifs is 1. The van der Waals surface area contributed by atoms with Gasteiger partial charge in [-0.3, -0.25) is 4.79 Å². The number of pyridine rings is 1. The van der Waals surface area contributed by atoms with Crippen LogP contribution in [0.1, 0.15) is 50.3 Å². The van der Waals surface area contributed by atoms with Crippen LogP contribution in [0.2, 0.25) is 0 Å². The van der Waals surface area contributed by atoms with Crippen LogP contribution in [0.5, 0.6) is 0 Å². The summed E-state index contributed by atoms with van der Waals surface area (Å²) in [6.45, 7) is 3.93. The Kier molecular flexibility index (Phi) is 5.85. The smallest absolute Gasteiger partial charge is 0.306 e. The fraction of sp³-hybridized carbons (Fsp3) is 0.619. The van der Waals surface area contributed by atoms with Crippen molar-refractivity contribution in [3.8, 4) is 0 Å². The number of nitrogens with zero attached hydrogens (tertiary/aromatic N) is 4. The predicted molar refractivity (Wildman–Crippen MR) is 114 cm³/mol. The summed E-state index contributed by atoms with van der Waals surface area (Å²) in [5.41, 5.74) is 2.65. The average Bonchev–Trinajstić information content (AvgIpc) is 3.36. The molecule has 2 aromatic rings. The Labute approximate surface area is 179 Å². The van der Waals surface area contributed by atoms with Gasteiger partial charge in [0.15, 0.2) is 11.2 Å². The molecule has 0 atom stereocenters. The monoisotopic (exact) mass is 431 g/mol. The number of nitrogens with one attached hydrogen (secondary N) is 1. The van der Waals surface area contributed by atoms with E-state index in [-0.39, 0.29) is 31.6 Å². The highest BCUT2D eigenvalue weighted by Crippen LogP contribution is 2.36. The molecule has 4 rings (SSSR count). The lowest BCUT2D eigenvalue weighted by molar-refractivity contribution is -0.142. The molecule has 2 aliphatic rings. The molecule has 1 aliphatic carbocycles. The maximum atomic E-state index is 11.3. The maximum Gasteiger partial charge on any atom is 0.306 e. The number of carbonyl (C=O) groups is 1. The summed E-state index contributed by atoms with van der Waals surface area (Å²) in [5.74, 6) is -1.02. The van der Waals surface area contributed by atoms with Crippen LogP contribution in [-0.2, 0) is 16.2 Å². The van der Waals surface area contributed by atoms with Crippen LogP contribution in [0, 0.1) is 12.8 Å². The van der Waals surface area contributed by atoms with Crippen LogP contribution in [0.4, 0.5) is 5.69 Å². The zero-order chi connectivity index (χ0) is 22.2. The molecule has 0 spiro atoms. The van der Waals surface area contributed by atoms with Crippen LogP contribution >= 0.6 is 0 Å². The molecule has 1 saturated carbocycles. The maximum absolute atomic E-state index is 11.3. The van der Waals surface area contributed by atoms with Crippen molar-refractivity contribution >= 4 is 28.4 Å². The van der Waals surface area contributed by atoms with E-state index >= 15 is 0 Å². The molecule has 1 fully saturated rings. The Morgan fingerprint density at radius 1 is 1.29 bits per heavy atom. The van der Waals surface area contributed by atoms with Gasteiger partial charge in [-0.2, -0.15) is 5.10 Å². The predicted octanol–water partition coefficient (Wildman–Crippen LogP) is 1.66. The molecule has 4 N–H and O–H groups in total. The van der Waals surface area contributed by atoms with E-state index in [1.165, 1.54) is 0 Å². The third-order valence-electron chi connectivity index (χ3n) is 6.39. The van der Waals surface area contributed by atoms with Crippen molar-refractivity contribution < 1.29 is 25.0 Å². The van der Waals surface area contributed by atoms with E-state index in [0.717, 1.165) is 40.8 Å². The first-order valence-corrected chi connectivity index (χ1v) is 10.7. The number of aromatic nitrogens is 3. The summed E-state index contributed by atoms with van der Waals surface area (Å²) < 4.78 is 1.85. The van der Waals surface area contributed by atoms with Crippen LogP contribution < -0.4 is 5.32 Å². The molecule has 0 amide bonds. The number of anilines is 1. The molecule has 0 aromatic carbocycles. The second-order valence-electron chi connectivity index (χ2n) is 8.48. The second-order valence-corrected chi connectivity index (χ2v) is 8.48. The first-order valence-electron chi connectivity index (χ1n) is 10.7. The summed E-state index contributed by atoms with van der Waals surface area (Å²) in [7, 11) is 0. The molecule has 0 saturated heterocycles. The van der Waals surface area contributed by atoms with Gasteiger partial charge in [0, 0.05) is 30.8 Å². The summed E-state index contributed by atoms with van der Waals surface area (Å²) in [5, 5.41) is 42.0. The summed E-state index contributed by atoms with van der Waals surface area (Å²) in [6.07, 6.45) is 4.75. The lowest BCUT2D eigenvalue weighted by atomic mass is 9.85. The van der Waals surface area contributed by atoms with Crippen molar-refractivity contribution in [1.29, 1.82) is 0 Å². The van der Waals surface area contributed by atoms with Gasteiger partial charge in [-0.1, -0.05) is 5.16 Å².